The lowest BCUT2D eigenvalue weighted by Crippen LogP contribution is -2.43. The Hall–Kier alpha value is -2.92. The zero-order chi connectivity index (χ0) is 28.5. The molecule has 0 fully saturated rings. The number of anilines is 1. The molecule has 0 aliphatic carbocycles. The summed E-state index contributed by atoms with van der Waals surface area (Å²) in [5, 5.41) is 10.00. The molecule has 39 heavy (non-hydrogen) atoms. The molecule has 1 heterocycles. The molecule has 3 aromatic rings. The number of rotatable bonds is 7. The molecule has 1 aliphatic rings. The van der Waals surface area contributed by atoms with Gasteiger partial charge < -0.3 is 9.84 Å². The Labute approximate surface area is 237 Å². The van der Waals surface area contributed by atoms with Crippen LogP contribution in [-0.4, -0.2) is 32.1 Å². The van der Waals surface area contributed by atoms with Gasteiger partial charge in [0.1, 0.15) is 11.9 Å². The van der Waals surface area contributed by atoms with Crippen molar-refractivity contribution in [2.45, 2.75) is 30.0 Å². The maximum Gasteiger partial charge on any atom is 0.416 e. The number of nitrogens with zero attached hydrogens (tertiary/aromatic N) is 1. The van der Waals surface area contributed by atoms with Gasteiger partial charge in [0.15, 0.2) is 0 Å². The van der Waals surface area contributed by atoms with Crippen molar-refractivity contribution in [1.29, 1.82) is 0 Å². The Morgan fingerprint density at radius 1 is 1.05 bits per heavy atom. The molecule has 3 aromatic carbocycles. The van der Waals surface area contributed by atoms with E-state index in [0.29, 0.717) is 32.3 Å². The van der Waals surface area contributed by atoms with E-state index in [1.165, 1.54) is 24.3 Å². The minimum Gasteiger partial charge on any atom is -0.486 e. The van der Waals surface area contributed by atoms with Gasteiger partial charge in [0.05, 0.1) is 32.7 Å². The standard InChI is InChI=1S/C26H19Cl3F3NO5S/c27-17-12-21(28)20(22(29)13-17)7-4-15-5-8-24-23(10-15)33(14-18(38-24)6-9-25(34)35)39(36,37)19-3-1-2-16(11-19)26(30,31)32/h1-5,7-8,10-13,18H,6,9,14H2,(H,34,35)/b7-4+/t18-/m0/s1. The van der Waals surface area contributed by atoms with Crippen LogP contribution in [-0.2, 0) is 21.0 Å². The monoisotopic (exact) mass is 619 g/mol. The third-order valence-corrected chi connectivity index (χ3v) is 8.45. The maximum absolute atomic E-state index is 13.6. The van der Waals surface area contributed by atoms with Gasteiger partial charge in [-0.3, -0.25) is 9.10 Å². The first-order valence-electron chi connectivity index (χ1n) is 11.3. The van der Waals surface area contributed by atoms with Crippen LogP contribution in [0.4, 0.5) is 18.9 Å². The minimum absolute atomic E-state index is 0.0153. The van der Waals surface area contributed by atoms with Crippen molar-refractivity contribution in [2.75, 3.05) is 10.8 Å². The summed E-state index contributed by atoms with van der Waals surface area (Å²) in [6.45, 7) is -0.305. The molecule has 13 heteroatoms. The molecule has 0 spiro atoms. The number of carboxylic acids is 1. The van der Waals surface area contributed by atoms with Gasteiger partial charge in [0.2, 0.25) is 0 Å². The SMILES string of the molecule is O=C(O)CC[C@H]1CN(S(=O)(=O)c2cccc(C(F)(F)F)c2)c2cc(/C=C/c3c(Cl)cc(Cl)cc3Cl)ccc2O1. The molecule has 0 aromatic heterocycles. The highest BCUT2D eigenvalue weighted by Crippen LogP contribution is 2.40. The Morgan fingerprint density at radius 3 is 2.38 bits per heavy atom. The highest BCUT2D eigenvalue weighted by Gasteiger charge is 2.37. The smallest absolute Gasteiger partial charge is 0.416 e. The van der Waals surface area contributed by atoms with Gasteiger partial charge in [-0.25, -0.2) is 8.42 Å². The third-order valence-electron chi connectivity index (χ3n) is 5.83. The Bertz CT molecular complexity index is 1540. The van der Waals surface area contributed by atoms with E-state index in [2.05, 4.69) is 0 Å². The van der Waals surface area contributed by atoms with E-state index in [9.17, 15) is 26.4 Å². The first kappa shape index (κ1) is 29.1. The van der Waals surface area contributed by atoms with Crippen molar-refractivity contribution >= 4 is 68.6 Å². The highest BCUT2D eigenvalue weighted by atomic mass is 35.5. The van der Waals surface area contributed by atoms with Crippen LogP contribution in [0.3, 0.4) is 0 Å². The van der Waals surface area contributed by atoms with Crippen LogP contribution in [0.5, 0.6) is 5.75 Å². The summed E-state index contributed by atoms with van der Waals surface area (Å²) < 4.78 is 74.0. The Morgan fingerprint density at radius 2 is 1.74 bits per heavy atom. The summed E-state index contributed by atoms with van der Waals surface area (Å²) in [4.78, 5) is 10.5. The molecule has 206 valence electrons. The fraction of sp³-hybridized carbons (Fsp3) is 0.192. The molecule has 1 aliphatic heterocycles. The van der Waals surface area contributed by atoms with Crippen molar-refractivity contribution in [3.05, 3.63) is 86.4 Å². The molecule has 0 radical (unpaired) electrons. The molecule has 1 N–H and O–H groups in total. The van der Waals surface area contributed by atoms with Gasteiger partial charge in [0, 0.05) is 17.0 Å². The van der Waals surface area contributed by atoms with E-state index >= 15 is 0 Å². The molecule has 0 bridgehead atoms. The molecule has 4 rings (SSSR count). The molecule has 1 atom stereocenters. The van der Waals surface area contributed by atoms with Gasteiger partial charge in [-0.2, -0.15) is 13.2 Å². The van der Waals surface area contributed by atoms with Crippen LogP contribution in [0.1, 0.15) is 29.5 Å². The van der Waals surface area contributed by atoms with E-state index in [1.54, 1.807) is 18.2 Å². The van der Waals surface area contributed by atoms with Crippen LogP contribution in [0.15, 0.2) is 59.5 Å². The summed E-state index contributed by atoms with van der Waals surface area (Å²) in [5.74, 6) is -0.969. The number of sulfonamides is 1. The summed E-state index contributed by atoms with van der Waals surface area (Å²) in [5.41, 5.74) is -0.0612. The van der Waals surface area contributed by atoms with Crippen LogP contribution in [0, 0.1) is 0 Å². The van der Waals surface area contributed by atoms with E-state index in [1.807, 2.05) is 0 Å². The van der Waals surface area contributed by atoms with Gasteiger partial charge in [-0.1, -0.05) is 59.1 Å². The number of fused-ring (bicyclic) bond motifs is 1. The third kappa shape index (κ3) is 6.63. The summed E-state index contributed by atoms with van der Waals surface area (Å²) in [7, 11) is -4.51. The molecule has 0 unspecified atom stereocenters. The average Bonchev–Trinajstić information content (AvgIpc) is 2.85. The predicted molar refractivity (Wildman–Crippen MR) is 144 cm³/mol. The van der Waals surface area contributed by atoms with E-state index < -0.39 is 38.7 Å². The fourth-order valence-electron chi connectivity index (χ4n) is 3.95. The van der Waals surface area contributed by atoms with Crippen LogP contribution in [0.2, 0.25) is 15.1 Å². The Balaban J connectivity index is 1.76. The fourth-order valence-corrected chi connectivity index (χ4v) is 6.44. The lowest BCUT2D eigenvalue weighted by Gasteiger charge is -2.35. The topological polar surface area (TPSA) is 83.9 Å². The Kier molecular flexibility index (Phi) is 8.41. The molecule has 0 saturated heterocycles. The summed E-state index contributed by atoms with van der Waals surface area (Å²) in [6.07, 6.45) is -2.68. The van der Waals surface area contributed by atoms with Gasteiger partial charge in [-0.05, 0) is 54.4 Å². The van der Waals surface area contributed by atoms with Gasteiger partial charge in [0.25, 0.3) is 10.0 Å². The summed E-state index contributed by atoms with van der Waals surface area (Å²) in [6, 6.07) is 11.1. The summed E-state index contributed by atoms with van der Waals surface area (Å²) >= 11 is 18.4. The first-order valence-corrected chi connectivity index (χ1v) is 13.9. The number of halogens is 6. The van der Waals surface area contributed by atoms with E-state index in [4.69, 9.17) is 44.6 Å². The largest absolute Gasteiger partial charge is 0.486 e. The second-order valence-corrected chi connectivity index (χ2v) is 11.7. The van der Waals surface area contributed by atoms with Crippen molar-refractivity contribution in [1.82, 2.24) is 0 Å². The second kappa shape index (κ2) is 11.3. The lowest BCUT2D eigenvalue weighted by molar-refractivity contribution is -0.138. The van der Waals surface area contributed by atoms with Crippen molar-refractivity contribution in [3.8, 4) is 5.75 Å². The number of benzene rings is 3. The predicted octanol–water partition coefficient (Wildman–Crippen LogP) is 7.66. The molecule has 0 amide bonds. The highest BCUT2D eigenvalue weighted by molar-refractivity contribution is 7.92. The number of carboxylic acid groups (broad SMARTS) is 1. The first-order chi connectivity index (χ1) is 18.3. The molecule has 6 nitrogen and oxygen atoms in total. The zero-order valence-electron chi connectivity index (χ0n) is 19.8. The number of carbonyl (C=O) groups is 1. The van der Waals surface area contributed by atoms with Crippen LogP contribution in [0.25, 0.3) is 12.2 Å². The minimum atomic E-state index is -4.75. The van der Waals surface area contributed by atoms with Crippen molar-refractivity contribution < 1.29 is 36.2 Å². The maximum atomic E-state index is 13.6. The number of hydrogen-bond acceptors (Lipinski definition) is 4. The normalized spacial score (nSPS) is 15.7. The van der Waals surface area contributed by atoms with E-state index in [-0.39, 0.29) is 30.8 Å². The number of hydrogen-bond donors (Lipinski definition) is 1. The second-order valence-electron chi connectivity index (χ2n) is 8.58. The van der Waals surface area contributed by atoms with Crippen LogP contribution >= 0.6 is 34.8 Å². The molecular weight excluding hydrogens is 602 g/mol. The number of ether oxygens (including phenoxy) is 1. The van der Waals surface area contributed by atoms with Crippen molar-refractivity contribution in [2.24, 2.45) is 0 Å². The lowest BCUT2D eigenvalue weighted by atomic mass is 10.1. The average molecular weight is 621 g/mol. The number of alkyl halides is 3. The van der Waals surface area contributed by atoms with Gasteiger partial charge in [-0.15, -0.1) is 0 Å². The van der Waals surface area contributed by atoms with Crippen molar-refractivity contribution in [3.63, 3.8) is 0 Å². The van der Waals surface area contributed by atoms with Crippen LogP contribution < -0.4 is 9.04 Å². The zero-order valence-corrected chi connectivity index (χ0v) is 22.8. The van der Waals surface area contributed by atoms with E-state index in [0.717, 1.165) is 22.5 Å². The number of aliphatic carboxylic acids is 1. The molecule has 0 saturated carbocycles. The van der Waals surface area contributed by atoms with Gasteiger partial charge >= 0.3 is 12.1 Å². The quantitative estimate of drug-likeness (QED) is 0.274. The molecular formula is C26H19Cl3F3NO5S.